The molecule has 2 aromatic rings. The van der Waals surface area contributed by atoms with Gasteiger partial charge >= 0.3 is 29.6 Å². The quantitative estimate of drug-likeness (QED) is 0.557. The second-order valence-electron chi connectivity index (χ2n) is 4.78. The number of aliphatic hydroxyl groups excluding tert-OH is 1. The summed E-state index contributed by atoms with van der Waals surface area (Å²) in [6.07, 6.45) is 0.931. The Balaban J connectivity index is 0.00000242. The SMILES string of the molecule is [CH2-][C@H](O)C[CH-]C(=O)NCc1ccc(-c2scnc2C)cc1.[Na+]. The Bertz CT molecular complexity index is 596. The van der Waals surface area contributed by atoms with Crippen molar-refractivity contribution in [2.24, 2.45) is 0 Å². The number of aliphatic hydroxyl groups is 1. The first kappa shape index (κ1) is 19.2. The van der Waals surface area contributed by atoms with Crippen LogP contribution in [0.15, 0.2) is 29.8 Å². The Labute approximate surface area is 157 Å². The van der Waals surface area contributed by atoms with Gasteiger partial charge in [-0.2, -0.15) is 6.42 Å². The van der Waals surface area contributed by atoms with E-state index >= 15 is 0 Å². The molecule has 0 radical (unpaired) electrons. The van der Waals surface area contributed by atoms with Crippen LogP contribution in [0.25, 0.3) is 10.4 Å². The number of rotatable bonds is 6. The maximum Gasteiger partial charge on any atom is 1.00 e. The first-order valence-electron chi connectivity index (χ1n) is 6.68. The van der Waals surface area contributed by atoms with Crippen molar-refractivity contribution in [2.45, 2.75) is 26.0 Å². The summed E-state index contributed by atoms with van der Waals surface area (Å²) in [5, 5.41) is 11.8. The van der Waals surface area contributed by atoms with E-state index in [4.69, 9.17) is 5.11 Å². The summed E-state index contributed by atoms with van der Waals surface area (Å²) >= 11 is 1.62. The van der Waals surface area contributed by atoms with E-state index in [-0.39, 0.29) is 41.9 Å². The Morgan fingerprint density at radius 2 is 2.14 bits per heavy atom. The summed E-state index contributed by atoms with van der Waals surface area (Å²) < 4.78 is 0. The Morgan fingerprint density at radius 3 is 2.68 bits per heavy atom. The van der Waals surface area contributed by atoms with Crippen LogP contribution < -0.4 is 34.9 Å². The zero-order chi connectivity index (χ0) is 15.2. The minimum Gasteiger partial charge on any atom is -0.428 e. The van der Waals surface area contributed by atoms with Crippen molar-refractivity contribution in [2.75, 3.05) is 0 Å². The van der Waals surface area contributed by atoms with Gasteiger partial charge in [0.05, 0.1) is 22.0 Å². The first-order chi connectivity index (χ1) is 10.1. The van der Waals surface area contributed by atoms with Crippen LogP contribution in [0.2, 0.25) is 0 Å². The molecule has 2 rings (SSSR count). The smallest absolute Gasteiger partial charge is 0.428 e. The number of carbonyl (C=O) groups excluding carboxylic acids is 1. The molecule has 22 heavy (non-hydrogen) atoms. The number of hydrogen-bond donors (Lipinski definition) is 2. The summed E-state index contributed by atoms with van der Waals surface area (Å²) in [5.41, 5.74) is 5.03. The monoisotopic (exact) mass is 325 g/mol. The molecule has 1 amide bonds. The van der Waals surface area contributed by atoms with Crippen molar-refractivity contribution in [1.82, 2.24) is 10.3 Å². The van der Waals surface area contributed by atoms with Crippen molar-refractivity contribution in [1.29, 1.82) is 0 Å². The number of amides is 1. The molecule has 6 heteroatoms. The molecule has 0 spiro atoms. The molecule has 2 N–H and O–H groups in total. The van der Waals surface area contributed by atoms with Gasteiger partial charge in [0.15, 0.2) is 0 Å². The topological polar surface area (TPSA) is 62.2 Å². The first-order valence-corrected chi connectivity index (χ1v) is 7.56. The molecular weight excluding hydrogens is 307 g/mol. The molecule has 4 nitrogen and oxygen atoms in total. The maximum absolute atomic E-state index is 11.5. The number of thiazole rings is 1. The van der Waals surface area contributed by atoms with Gasteiger partial charge in [-0.05, 0) is 18.1 Å². The minimum atomic E-state index is -0.738. The third kappa shape index (κ3) is 5.74. The fourth-order valence-electron chi connectivity index (χ4n) is 1.86. The van der Waals surface area contributed by atoms with E-state index in [1.165, 1.54) is 11.3 Å². The van der Waals surface area contributed by atoms with Crippen LogP contribution in [-0.2, 0) is 11.3 Å². The number of nitrogens with zero attached hydrogens (tertiary/aromatic N) is 1. The average molecular weight is 325 g/mol. The van der Waals surface area contributed by atoms with Gasteiger partial charge in [0, 0.05) is 6.54 Å². The van der Waals surface area contributed by atoms with Crippen LogP contribution in [0, 0.1) is 20.3 Å². The largest absolute Gasteiger partial charge is 1.00 e. The molecule has 0 aliphatic rings. The van der Waals surface area contributed by atoms with E-state index < -0.39 is 6.10 Å². The van der Waals surface area contributed by atoms with Crippen molar-refractivity contribution >= 4 is 17.2 Å². The van der Waals surface area contributed by atoms with Gasteiger partial charge in [-0.25, -0.2) is 4.98 Å². The van der Waals surface area contributed by atoms with Crippen LogP contribution in [0.4, 0.5) is 0 Å². The zero-order valence-corrected chi connectivity index (χ0v) is 15.7. The summed E-state index contributed by atoms with van der Waals surface area (Å²) in [6.45, 7) is 5.87. The van der Waals surface area contributed by atoms with E-state index in [2.05, 4.69) is 17.2 Å². The molecule has 0 saturated carbocycles. The van der Waals surface area contributed by atoms with E-state index in [0.29, 0.717) is 6.54 Å². The van der Waals surface area contributed by atoms with Crippen LogP contribution in [0.5, 0.6) is 0 Å². The van der Waals surface area contributed by atoms with Crippen LogP contribution in [-0.4, -0.2) is 22.1 Å². The minimum absolute atomic E-state index is 0. The number of nitrogens with one attached hydrogen (secondary N) is 1. The van der Waals surface area contributed by atoms with E-state index in [9.17, 15) is 4.79 Å². The summed E-state index contributed by atoms with van der Waals surface area (Å²) in [4.78, 5) is 16.9. The Hall–Kier alpha value is -0.850. The second kappa shape index (κ2) is 9.33. The van der Waals surface area contributed by atoms with Gasteiger partial charge in [0.25, 0.3) is 0 Å². The van der Waals surface area contributed by atoms with Gasteiger partial charge in [-0.1, -0.05) is 30.4 Å². The zero-order valence-electron chi connectivity index (χ0n) is 12.9. The molecule has 1 heterocycles. The van der Waals surface area contributed by atoms with Crippen molar-refractivity contribution < 1.29 is 39.5 Å². The van der Waals surface area contributed by atoms with E-state index in [1.54, 1.807) is 11.3 Å². The third-order valence-electron chi connectivity index (χ3n) is 3.00. The summed E-state index contributed by atoms with van der Waals surface area (Å²) in [7, 11) is 0. The fraction of sp³-hybridized carbons (Fsp3) is 0.250. The number of carbonyl (C=O) groups is 1. The maximum atomic E-state index is 11.5. The average Bonchev–Trinajstić information content (AvgIpc) is 2.89. The molecule has 112 valence electrons. The molecule has 0 aliphatic heterocycles. The molecule has 0 unspecified atom stereocenters. The van der Waals surface area contributed by atoms with Crippen molar-refractivity contribution in [3.05, 3.63) is 54.4 Å². The van der Waals surface area contributed by atoms with Gasteiger partial charge in [-0.3, -0.25) is 0 Å². The second-order valence-corrected chi connectivity index (χ2v) is 5.63. The molecule has 0 saturated heterocycles. The molecule has 0 aliphatic carbocycles. The molecular formula is C16H18N2NaO2S-. The van der Waals surface area contributed by atoms with Crippen LogP contribution >= 0.6 is 11.3 Å². The van der Waals surface area contributed by atoms with Crippen molar-refractivity contribution in [3.8, 4) is 10.4 Å². The van der Waals surface area contributed by atoms with E-state index in [1.807, 2.05) is 36.7 Å². The molecule has 1 atom stereocenters. The Morgan fingerprint density at radius 1 is 1.45 bits per heavy atom. The van der Waals surface area contributed by atoms with Gasteiger partial charge in [0.1, 0.15) is 0 Å². The van der Waals surface area contributed by atoms with Crippen molar-refractivity contribution in [3.63, 3.8) is 0 Å². The van der Waals surface area contributed by atoms with Gasteiger partial charge in [0.2, 0.25) is 0 Å². The molecule has 1 aromatic carbocycles. The van der Waals surface area contributed by atoms with Crippen LogP contribution in [0.1, 0.15) is 17.7 Å². The van der Waals surface area contributed by atoms with E-state index in [0.717, 1.165) is 16.8 Å². The van der Waals surface area contributed by atoms with Gasteiger partial charge in [-0.15, -0.1) is 11.3 Å². The molecule has 0 fully saturated rings. The Kier molecular flexibility index (Phi) is 8.14. The number of aryl methyl sites for hydroxylation is 1. The van der Waals surface area contributed by atoms with Crippen LogP contribution in [0.3, 0.4) is 0 Å². The summed E-state index contributed by atoms with van der Waals surface area (Å²) in [5.74, 6) is -0.194. The fourth-order valence-corrected chi connectivity index (χ4v) is 2.67. The van der Waals surface area contributed by atoms with Gasteiger partial charge < -0.3 is 28.6 Å². The predicted octanol–water partition coefficient (Wildman–Crippen LogP) is -0.472. The number of hydrogen-bond acceptors (Lipinski definition) is 4. The number of aromatic nitrogens is 1. The molecule has 0 bridgehead atoms. The third-order valence-corrected chi connectivity index (χ3v) is 3.98. The predicted molar refractivity (Wildman–Crippen MR) is 84.4 cm³/mol. The number of benzene rings is 1. The standard InChI is InChI=1S/C16H18N2O2S.Na/c1-11(19)3-8-15(20)17-9-13-4-6-14(7-5-13)16-12(2)18-10-21-16;/h4-8,10-11,19H,1,3,9H2,2H3,(H,17,20);/q-2;+1/t11-;/m0./s1. The normalized spacial score (nSPS) is 11.4. The summed E-state index contributed by atoms with van der Waals surface area (Å²) in [6, 6.07) is 8.05. The molecule has 1 aromatic heterocycles.